The summed E-state index contributed by atoms with van der Waals surface area (Å²) in [6.45, 7) is 3.48. The van der Waals surface area contributed by atoms with Gasteiger partial charge in [0.15, 0.2) is 0 Å². The molecule has 0 radical (unpaired) electrons. The maximum atomic E-state index is 13.3. The van der Waals surface area contributed by atoms with Crippen molar-refractivity contribution in [1.82, 2.24) is 14.5 Å². The van der Waals surface area contributed by atoms with Crippen molar-refractivity contribution in [3.63, 3.8) is 0 Å². The van der Waals surface area contributed by atoms with Gasteiger partial charge in [0.1, 0.15) is 11.6 Å². The molecule has 1 fully saturated rings. The minimum atomic E-state index is -3.77. The van der Waals surface area contributed by atoms with E-state index in [4.69, 9.17) is 0 Å². The van der Waals surface area contributed by atoms with Gasteiger partial charge in [-0.25, -0.2) is 21.9 Å². The quantitative estimate of drug-likeness (QED) is 0.815. The fraction of sp³-hybridized carbons (Fsp3) is 0.368. The maximum absolute atomic E-state index is 13.3. The summed E-state index contributed by atoms with van der Waals surface area (Å²) in [5.41, 5.74) is 0.850. The highest BCUT2D eigenvalue weighted by molar-refractivity contribution is 7.89. The zero-order chi connectivity index (χ0) is 19.4. The van der Waals surface area contributed by atoms with Crippen molar-refractivity contribution in [2.24, 2.45) is 0 Å². The first kappa shape index (κ1) is 19.9. The molecular formula is C19H23F2N3O2S. The van der Waals surface area contributed by atoms with Gasteiger partial charge in [-0.3, -0.25) is 4.90 Å². The smallest absolute Gasteiger partial charge is 0.240 e. The van der Waals surface area contributed by atoms with Crippen molar-refractivity contribution in [1.29, 1.82) is 0 Å². The third-order valence-corrected chi connectivity index (χ3v) is 6.26. The third-order valence-electron chi connectivity index (χ3n) is 4.82. The maximum Gasteiger partial charge on any atom is 0.240 e. The van der Waals surface area contributed by atoms with Crippen molar-refractivity contribution in [2.45, 2.75) is 10.9 Å². The van der Waals surface area contributed by atoms with E-state index in [2.05, 4.69) is 14.5 Å². The second-order valence-corrected chi connectivity index (χ2v) is 8.48. The molecule has 0 spiro atoms. The van der Waals surface area contributed by atoms with Crippen LogP contribution in [0.15, 0.2) is 53.4 Å². The molecule has 3 rings (SSSR count). The highest BCUT2D eigenvalue weighted by atomic mass is 32.2. The topological polar surface area (TPSA) is 52.6 Å². The van der Waals surface area contributed by atoms with Crippen LogP contribution in [0.5, 0.6) is 0 Å². The molecular weight excluding hydrogens is 372 g/mol. The summed E-state index contributed by atoms with van der Waals surface area (Å²) in [6.07, 6.45) is 0. The van der Waals surface area contributed by atoms with E-state index < -0.39 is 15.8 Å². The summed E-state index contributed by atoms with van der Waals surface area (Å²) in [4.78, 5) is 4.42. The van der Waals surface area contributed by atoms with Crippen molar-refractivity contribution in [2.75, 3.05) is 39.8 Å². The molecule has 1 aliphatic heterocycles. The Kier molecular flexibility index (Phi) is 6.21. The zero-order valence-electron chi connectivity index (χ0n) is 15.1. The predicted octanol–water partition coefficient (Wildman–Crippen LogP) is 2.23. The van der Waals surface area contributed by atoms with E-state index in [1.54, 1.807) is 12.1 Å². The number of piperazine rings is 1. The largest absolute Gasteiger partial charge is 0.304 e. The summed E-state index contributed by atoms with van der Waals surface area (Å²) in [5, 5.41) is 0. The van der Waals surface area contributed by atoms with Crippen LogP contribution in [0.4, 0.5) is 8.78 Å². The lowest BCUT2D eigenvalue weighted by molar-refractivity contribution is 0.113. The summed E-state index contributed by atoms with van der Waals surface area (Å²) in [6, 6.07) is 10.6. The second kappa shape index (κ2) is 8.43. The molecule has 1 saturated heterocycles. The van der Waals surface area contributed by atoms with Crippen LogP contribution in [0.25, 0.3) is 0 Å². The highest BCUT2D eigenvalue weighted by Gasteiger charge is 2.26. The third kappa shape index (κ3) is 5.10. The van der Waals surface area contributed by atoms with Gasteiger partial charge in [-0.15, -0.1) is 0 Å². The van der Waals surface area contributed by atoms with Crippen LogP contribution in [-0.4, -0.2) is 58.0 Å². The van der Waals surface area contributed by atoms with Crippen LogP contribution >= 0.6 is 0 Å². The molecule has 0 aliphatic carbocycles. The fourth-order valence-electron chi connectivity index (χ4n) is 3.16. The number of nitrogens with one attached hydrogen (secondary N) is 1. The number of benzene rings is 2. The van der Waals surface area contributed by atoms with Gasteiger partial charge in [-0.1, -0.05) is 12.1 Å². The van der Waals surface area contributed by atoms with Crippen LogP contribution in [0.3, 0.4) is 0 Å². The molecule has 0 saturated carbocycles. The van der Waals surface area contributed by atoms with E-state index in [-0.39, 0.29) is 23.3 Å². The van der Waals surface area contributed by atoms with E-state index in [0.29, 0.717) is 0 Å². The SMILES string of the molecule is CN1CCN(C(CNS(=O)(=O)c2ccc(F)cc2)c2ccc(F)cc2)CC1. The summed E-state index contributed by atoms with van der Waals surface area (Å²) in [5.74, 6) is -0.821. The summed E-state index contributed by atoms with van der Waals surface area (Å²) in [7, 11) is -1.72. The number of rotatable bonds is 6. The van der Waals surface area contributed by atoms with Gasteiger partial charge in [0.25, 0.3) is 0 Å². The van der Waals surface area contributed by atoms with Gasteiger partial charge in [0, 0.05) is 38.8 Å². The molecule has 1 aliphatic rings. The highest BCUT2D eigenvalue weighted by Crippen LogP contribution is 2.23. The Morgan fingerprint density at radius 1 is 0.926 bits per heavy atom. The Morgan fingerprint density at radius 2 is 1.44 bits per heavy atom. The molecule has 0 aromatic heterocycles. The normalized spacial score (nSPS) is 17.7. The minimum absolute atomic E-state index is 0.0140. The lowest BCUT2D eigenvalue weighted by Crippen LogP contribution is -2.48. The van der Waals surface area contributed by atoms with Crippen LogP contribution in [0, 0.1) is 11.6 Å². The Balaban J connectivity index is 1.78. The summed E-state index contributed by atoms with van der Waals surface area (Å²) < 4.78 is 54.1. The molecule has 1 unspecified atom stereocenters. The molecule has 1 atom stereocenters. The fourth-order valence-corrected chi connectivity index (χ4v) is 4.20. The van der Waals surface area contributed by atoms with Crippen LogP contribution < -0.4 is 4.72 Å². The number of nitrogens with zero attached hydrogens (tertiary/aromatic N) is 2. The lowest BCUT2D eigenvalue weighted by atomic mass is 10.0. The minimum Gasteiger partial charge on any atom is -0.304 e. The molecule has 2 aromatic rings. The monoisotopic (exact) mass is 395 g/mol. The second-order valence-electron chi connectivity index (χ2n) is 6.71. The molecule has 1 heterocycles. The van der Waals surface area contributed by atoms with E-state index in [0.717, 1.165) is 43.9 Å². The van der Waals surface area contributed by atoms with Crippen molar-refractivity contribution in [3.05, 3.63) is 65.7 Å². The van der Waals surface area contributed by atoms with Gasteiger partial charge in [-0.2, -0.15) is 0 Å². The van der Waals surface area contributed by atoms with E-state index in [1.807, 2.05) is 7.05 Å². The van der Waals surface area contributed by atoms with Gasteiger partial charge in [-0.05, 0) is 49.0 Å². The standard InChI is InChI=1S/C19H23F2N3O2S/c1-23-10-12-24(13-11-23)19(15-2-4-16(20)5-3-15)14-22-27(25,26)18-8-6-17(21)7-9-18/h2-9,19,22H,10-14H2,1H3. The molecule has 0 amide bonds. The molecule has 5 nitrogen and oxygen atoms in total. The number of sulfonamides is 1. The number of hydrogen-bond donors (Lipinski definition) is 1. The lowest BCUT2D eigenvalue weighted by Gasteiger charge is -2.38. The van der Waals surface area contributed by atoms with Crippen molar-refractivity contribution < 1.29 is 17.2 Å². The molecule has 2 aromatic carbocycles. The Labute approximate surface area is 158 Å². The summed E-state index contributed by atoms with van der Waals surface area (Å²) >= 11 is 0. The molecule has 146 valence electrons. The van der Waals surface area contributed by atoms with Crippen molar-refractivity contribution in [3.8, 4) is 0 Å². The van der Waals surface area contributed by atoms with Gasteiger partial charge in [0.05, 0.1) is 4.90 Å². The molecule has 0 bridgehead atoms. The average molecular weight is 395 g/mol. The number of hydrogen-bond acceptors (Lipinski definition) is 4. The Morgan fingerprint density at radius 3 is 2.00 bits per heavy atom. The van der Waals surface area contributed by atoms with E-state index in [1.165, 1.54) is 24.3 Å². The van der Waals surface area contributed by atoms with Gasteiger partial charge < -0.3 is 4.90 Å². The van der Waals surface area contributed by atoms with Gasteiger partial charge in [0.2, 0.25) is 10.0 Å². The van der Waals surface area contributed by atoms with Crippen molar-refractivity contribution >= 4 is 10.0 Å². The first-order valence-electron chi connectivity index (χ1n) is 8.78. The first-order chi connectivity index (χ1) is 12.8. The van der Waals surface area contributed by atoms with E-state index >= 15 is 0 Å². The van der Waals surface area contributed by atoms with Gasteiger partial charge >= 0.3 is 0 Å². The predicted molar refractivity (Wildman–Crippen MR) is 99.8 cm³/mol. The van der Waals surface area contributed by atoms with Crippen LogP contribution in [0.2, 0.25) is 0 Å². The van der Waals surface area contributed by atoms with Crippen LogP contribution in [-0.2, 0) is 10.0 Å². The molecule has 1 N–H and O–H groups in total. The average Bonchev–Trinajstić information content (AvgIpc) is 2.65. The van der Waals surface area contributed by atoms with E-state index in [9.17, 15) is 17.2 Å². The Hall–Kier alpha value is -1.87. The van der Waals surface area contributed by atoms with Crippen LogP contribution in [0.1, 0.15) is 11.6 Å². The number of halogens is 2. The molecule has 27 heavy (non-hydrogen) atoms. The number of likely N-dealkylation sites (N-methyl/N-ethyl adjacent to an activating group) is 1. The Bertz CT molecular complexity index is 850. The zero-order valence-corrected chi connectivity index (χ0v) is 15.9. The first-order valence-corrected chi connectivity index (χ1v) is 10.3. The molecule has 8 heteroatoms.